The number of amides is 2. The number of aliphatic hydroxyl groups is 1. The van der Waals surface area contributed by atoms with Crippen molar-refractivity contribution in [2.75, 3.05) is 59.2 Å². The molecule has 0 aromatic heterocycles. The summed E-state index contributed by atoms with van der Waals surface area (Å²) in [6.45, 7) is 9.84. The van der Waals surface area contributed by atoms with Gasteiger partial charge in [0.25, 0.3) is 0 Å². The van der Waals surface area contributed by atoms with Crippen LogP contribution in [0.5, 0.6) is 0 Å². The smallest absolute Gasteiger partial charge is 0.312 e. The minimum atomic E-state index is -1.14. The number of morpholine rings is 1. The zero-order valence-corrected chi connectivity index (χ0v) is 23.3. The van der Waals surface area contributed by atoms with Gasteiger partial charge in [0, 0.05) is 32.7 Å². The number of aliphatic hydroxyl groups excluding tert-OH is 1. The topological polar surface area (TPSA) is 109 Å². The lowest BCUT2D eigenvalue weighted by Crippen LogP contribution is -2.59. The van der Waals surface area contributed by atoms with Gasteiger partial charge in [0.2, 0.25) is 11.8 Å². The van der Waals surface area contributed by atoms with Gasteiger partial charge in [-0.15, -0.1) is 6.58 Å². The molecule has 2 bridgehead atoms. The van der Waals surface area contributed by atoms with Crippen molar-refractivity contribution in [3.63, 3.8) is 0 Å². The predicted octanol–water partition coefficient (Wildman–Crippen LogP) is 0.875. The number of likely N-dealkylation sites (tertiary alicyclic amines) is 1. The Bertz CT molecular complexity index is 1080. The third-order valence-corrected chi connectivity index (χ3v) is 8.90. The van der Waals surface area contributed by atoms with Gasteiger partial charge in [-0.1, -0.05) is 36.4 Å². The SMILES string of the molecule is C=CCN(CCN1CCOCC1)C(=O)[C@H]1N([C@@H](CO)Cc2ccccc2)C(=O)[C@@H]2[C@@H](C(=O)OCC)[C@H]3CC[C@]21O3. The van der Waals surface area contributed by atoms with Crippen molar-refractivity contribution in [2.45, 2.75) is 50.0 Å². The van der Waals surface area contributed by atoms with Crippen LogP contribution in [0.15, 0.2) is 43.0 Å². The minimum absolute atomic E-state index is 0.198. The fourth-order valence-electron chi connectivity index (χ4n) is 7.11. The number of carbonyl (C=O) groups excluding carboxylic acids is 3. The molecular formula is C30H41N3O7. The Morgan fingerprint density at radius 1 is 1.27 bits per heavy atom. The number of benzene rings is 1. The van der Waals surface area contributed by atoms with Crippen molar-refractivity contribution in [3.8, 4) is 0 Å². The van der Waals surface area contributed by atoms with Crippen LogP contribution in [-0.4, -0.2) is 121 Å². The molecule has 4 saturated heterocycles. The second-order valence-electron chi connectivity index (χ2n) is 11.1. The van der Waals surface area contributed by atoms with Crippen LogP contribution in [0.2, 0.25) is 0 Å². The van der Waals surface area contributed by atoms with Gasteiger partial charge >= 0.3 is 5.97 Å². The molecular weight excluding hydrogens is 514 g/mol. The maximum atomic E-state index is 14.5. The molecule has 4 fully saturated rings. The highest BCUT2D eigenvalue weighted by Crippen LogP contribution is 2.59. The lowest BCUT2D eigenvalue weighted by Gasteiger charge is -2.40. The molecule has 218 valence electrons. The van der Waals surface area contributed by atoms with Crippen molar-refractivity contribution < 1.29 is 33.7 Å². The van der Waals surface area contributed by atoms with E-state index in [1.165, 1.54) is 0 Å². The number of fused-ring (bicyclic) bond motifs is 1. The van der Waals surface area contributed by atoms with Crippen molar-refractivity contribution in [1.82, 2.24) is 14.7 Å². The number of carbonyl (C=O) groups is 3. The summed E-state index contributed by atoms with van der Waals surface area (Å²) in [5, 5.41) is 10.6. The average molecular weight is 556 g/mol. The van der Waals surface area contributed by atoms with Gasteiger partial charge < -0.3 is 29.1 Å². The van der Waals surface area contributed by atoms with E-state index in [4.69, 9.17) is 14.2 Å². The molecule has 5 rings (SSSR count). The van der Waals surface area contributed by atoms with Gasteiger partial charge in [-0.25, -0.2) is 0 Å². The first kappa shape index (κ1) is 28.7. The van der Waals surface area contributed by atoms with E-state index in [-0.39, 0.29) is 25.0 Å². The summed E-state index contributed by atoms with van der Waals surface area (Å²) < 4.78 is 17.4. The second-order valence-corrected chi connectivity index (χ2v) is 11.1. The Kier molecular flexibility index (Phi) is 8.89. The van der Waals surface area contributed by atoms with Gasteiger partial charge in [-0.2, -0.15) is 0 Å². The van der Waals surface area contributed by atoms with E-state index < -0.39 is 41.6 Å². The van der Waals surface area contributed by atoms with E-state index in [1.807, 2.05) is 30.3 Å². The normalized spacial score (nSPS) is 30.2. The summed E-state index contributed by atoms with van der Waals surface area (Å²) in [6, 6.07) is 7.99. The molecule has 0 saturated carbocycles. The average Bonchev–Trinajstić information content (AvgIpc) is 3.62. The number of esters is 1. The molecule has 0 radical (unpaired) electrons. The van der Waals surface area contributed by atoms with Crippen LogP contribution < -0.4 is 0 Å². The minimum Gasteiger partial charge on any atom is -0.466 e. The summed E-state index contributed by atoms with van der Waals surface area (Å²) in [5.41, 5.74) is -0.198. The van der Waals surface area contributed by atoms with Crippen LogP contribution in [0.1, 0.15) is 25.3 Å². The summed E-state index contributed by atoms with van der Waals surface area (Å²) in [5.74, 6) is -2.60. The van der Waals surface area contributed by atoms with Crippen molar-refractivity contribution in [1.29, 1.82) is 0 Å². The third kappa shape index (κ3) is 5.18. The Labute approximate surface area is 235 Å². The fraction of sp³-hybridized carbons (Fsp3) is 0.633. The monoisotopic (exact) mass is 555 g/mol. The Hall–Kier alpha value is -2.79. The largest absolute Gasteiger partial charge is 0.466 e. The quantitative estimate of drug-likeness (QED) is 0.299. The van der Waals surface area contributed by atoms with E-state index in [2.05, 4.69) is 11.5 Å². The molecule has 10 nitrogen and oxygen atoms in total. The van der Waals surface area contributed by atoms with Crippen LogP contribution in [0.4, 0.5) is 0 Å². The standard InChI is InChI=1S/C30H41N3O7/c1-3-12-32(14-13-31-15-17-38-18-16-31)28(36)26-30-11-10-23(40-30)24(29(37)39-4-2)25(30)27(35)33(26)22(20-34)19-21-8-6-5-7-9-21/h3,5-9,22-26,34H,1,4,10-20H2,2H3/t22-,23-,24+,25+,26-,30+/m1/s1. The first-order valence-electron chi connectivity index (χ1n) is 14.5. The highest BCUT2D eigenvalue weighted by Gasteiger charge is 2.75. The van der Waals surface area contributed by atoms with Crippen LogP contribution in [-0.2, 0) is 35.0 Å². The first-order valence-corrected chi connectivity index (χ1v) is 14.5. The number of rotatable bonds is 12. The molecule has 0 unspecified atom stereocenters. The maximum Gasteiger partial charge on any atom is 0.312 e. The van der Waals surface area contributed by atoms with Crippen molar-refractivity contribution in [3.05, 3.63) is 48.6 Å². The van der Waals surface area contributed by atoms with Gasteiger partial charge in [-0.3, -0.25) is 19.3 Å². The first-order chi connectivity index (χ1) is 19.4. The molecule has 4 heterocycles. The summed E-state index contributed by atoms with van der Waals surface area (Å²) in [6.07, 6.45) is 2.66. The lowest BCUT2D eigenvalue weighted by molar-refractivity contribution is -0.156. The lowest BCUT2D eigenvalue weighted by atomic mass is 9.70. The number of ether oxygens (including phenoxy) is 3. The molecule has 1 spiro atoms. The van der Waals surface area contributed by atoms with E-state index >= 15 is 0 Å². The number of hydrogen-bond acceptors (Lipinski definition) is 8. The Morgan fingerprint density at radius 3 is 2.70 bits per heavy atom. The molecule has 1 aromatic rings. The molecule has 40 heavy (non-hydrogen) atoms. The summed E-state index contributed by atoms with van der Waals surface area (Å²) >= 11 is 0. The van der Waals surface area contributed by atoms with Crippen molar-refractivity contribution in [2.24, 2.45) is 11.8 Å². The summed E-state index contributed by atoms with van der Waals surface area (Å²) in [4.78, 5) is 47.5. The molecule has 4 aliphatic rings. The van der Waals surface area contributed by atoms with Crippen LogP contribution in [0.25, 0.3) is 0 Å². The van der Waals surface area contributed by atoms with E-state index in [1.54, 1.807) is 22.8 Å². The fourth-order valence-corrected chi connectivity index (χ4v) is 7.11. The highest BCUT2D eigenvalue weighted by molar-refractivity contribution is 5.98. The van der Waals surface area contributed by atoms with Crippen molar-refractivity contribution >= 4 is 17.8 Å². The van der Waals surface area contributed by atoms with Gasteiger partial charge in [0.05, 0.1) is 50.4 Å². The van der Waals surface area contributed by atoms with Crippen LogP contribution in [0, 0.1) is 11.8 Å². The number of hydrogen-bond donors (Lipinski definition) is 1. The summed E-state index contributed by atoms with van der Waals surface area (Å²) in [7, 11) is 0. The molecule has 2 amide bonds. The Morgan fingerprint density at radius 2 is 2.02 bits per heavy atom. The molecule has 1 aromatic carbocycles. The van der Waals surface area contributed by atoms with Crippen LogP contribution >= 0.6 is 0 Å². The van der Waals surface area contributed by atoms with E-state index in [9.17, 15) is 19.5 Å². The third-order valence-electron chi connectivity index (χ3n) is 8.90. The number of nitrogens with zero attached hydrogens (tertiary/aromatic N) is 3. The van der Waals surface area contributed by atoms with Gasteiger partial charge in [0.15, 0.2) is 0 Å². The molecule has 10 heteroatoms. The molecule has 4 aliphatic heterocycles. The van der Waals surface area contributed by atoms with Gasteiger partial charge in [0.1, 0.15) is 11.6 Å². The van der Waals surface area contributed by atoms with E-state index in [0.29, 0.717) is 52.1 Å². The zero-order valence-electron chi connectivity index (χ0n) is 23.3. The second kappa shape index (κ2) is 12.4. The predicted molar refractivity (Wildman–Crippen MR) is 146 cm³/mol. The molecule has 0 aliphatic carbocycles. The maximum absolute atomic E-state index is 14.5. The zero-order chi connectivity index (χ0) is 28.3. The van der Waals surface area contributed by atoms with Gasteiger partial charge in [-0.05, 0) is 31.7 Å². The van der Waals surface area contributed by atoms with Crippen LogP contribution in [0.3, 0.4) is 0 Å². The molecule has 1 N–H and O–H groups in total. The van der Waals surface area contributed by atoms with E-state index in [0.717, 1.165) is 18.7 Å². The Balaban J connectivity index is 1.49. The highest BCUT2D eigenvalue weighted by atomic mass is 16.6. The molecule has 6 atom stereocenters.